The van der Waals surface area contributed by atoms with Gasteiger partial charge < -0.3 is 14.2 Å². The summed E-state index contributed by atoms with van der Waals surface area (Å²) >= 11 is 0. The first-order valence-corrected chi connectivity index (χ1v) is 11.4. The first kappa shape index (κ1) is 21.2. The second-order valence-corrected chi connectivity index (χ2v) is 11.0. The number of ketones is 1. The Bertz CT molecular complexity index is 908. The first-order chi connectivity index (χ1) is 14.2. The quantitative estimate of drug-likeness (QED) is 0.465. The van der Waals surface area contributed by atoms with Crippen molar-refractivity contribution in [3.8, 4) is 0 Å². The molecule has 0 unspecified atom stereocenters. The van der Waals surface area contributed by atoms with E-state index in [1.807, 2.05) is 0 Å². The summed E-state index contributed by atoms with van der Waals surface area (Å²) in [5.74, 6) is -0.201. The summed E-state index contributed by atoms with van der Waals surface area (Å²) in [6.07, 6.45) is 7.61. The van der Waals surface area contributed by atoms with Crippen molar-refractivity contribution in [3.63, 3.8) is 0 Å². The van der Waals surface area contributed by atoms with Gasteiger partial charge in [0.25, 0.3) is 0 Å². The van der Waals surface area contributed by atoms with E-state index in [-0.39, 0.29) is 59.8 Å². The standard InChI is InChI=1S/C24H30O6.CH4/c1-21-7-4-14(25)10-13(21)11-15(20(27)28-3)19-16-5-8-23(9-6-18(26)30-23)22(16,2)12-17-24(19,21)29-17;/h10,15-17,19H,4-9,11-12H2,1-3H3;1H4/t15-,16+,17-,19+,21+,22+,23-,24-;/m1./s1. The molecule has 0 aromatic heterocycles. The molecule has 6 nitrogen and oxygen atoms in total. The minimum atomic E-state index is -0.424. The van der Waals surface area contributed by atoms with Gasteiger partial charge in [-0.2, -0.15) is 0 Å². The van der Waals surface area contributed by atoms with Crippen LogP contribution in [0.1, 0.15) is 72.6 Å². The summed E-state index contributed by atoms with van der Waals surface area (Å²) in [5, 5.41) is 0. The number of esters is 2. The molecule has 2 saturated heterocycles. The van der Waals surface area contributed by atoms with Gasteiger partial charge in [0.05, 0.1) is 19.1 Å². The summed E-state index contributed by atoms with van der Waals surface area (Å²) < 4.78 is 17.9. The highest BCUT2D eigenvalue weighted by molar-refractivity contribution is 5.92. The molecule has 3 saturated carbocycles. The van der Waals surface area contributed by atoms with Gasteiger partial charge in [0, 0.05) is 29.6 Å². The Morgan fingerprint density at radius 3 is 2.61 bits per heavy atom. The molecule has 31 heavy (non-hydrogen) atoms. The maximum absolute atomic E-state index is 13.0. The van der Waals surface area contributed by atoms with Crippen molar-refractivity contribution in [1.82, 2.24) is 0 Å². The Hall–Kier alpha value is -1.69. The van der Waals surface area contributed by atoms with Crippen molar-refractivity contribution >= 4 is 17.7 Å². The van der Waals surface area contributed by atoms with E-state index < -0.39 is 11.2 Å². The smallest absolute Gasteiger partial charge is 0.309 e. The normalized spacial score (nSPS) is 51.5. The summed E-state index contributed by atoms with van der Waals surface area (Å²) in [6.45, 7) is 4.51. The van der Waals surface area contributed by atoms with Gasteiger partial charge in [-0.3, -0.25) is 14.4 Å². The van der Waals surface area contributed by atoms with Crippen LogP contribution in [0.5, 0.6) is 0 Å². The molecule has 170 valence electrons. The van der Waals surface area contributed by atoms with Gasteiger partial charge in [0.15, 0.2) is 5.78 Å². The van der Waals surface area contributed by atoms with E-state index in [4.69, 9.17) is 14.2 Å². The van der Waals surface area contributed by atoms with Crippen LogP contribution in [0.15, 0.2) is 11.6 Å². The molecular formula is C25H34O6. The Morgan fingerprint density at radius 1 is 1.16 bits per heavy atom. The summed E-state index contributed by atoms with van der Waals surface area (Å²) in [4.78, 5) is 37.4. The van der Waals surface area contributed by atoms with Gasteiger partial charge in [-0.15, -0.1) is 0 Å². The Labute approximate surface area is 184 Å². The van der Waals surface area contributed by atoms with Crippen LogP contribution in [0.25, 0.3) is 0 Å². The predicted octanol–water partition coefficient (Wildman–Crippen LogP) is 3.76. The van der Waals surface area contributed by atoms with E-state index in [1.165, 1.54) is 7.11 Å². The summed E-state index contributed by atoms with van der Waals surface area (Å²) in [5.41, 5.74) is -0.175. The Balaban J connectivity index is 0.00000204. The van der Waals surface area contributed by atoms with E-state index in [9.17, 15) is 14.4 Å². The molecule has 2 spiro atoms. The van der Waals surface area contributed by atoms with Gasteiger partial charge in [-0.25, -0.2) is 0 Å². The van der Waals surface area contributed by atoms with Crippen LogP contribution in [0, 0.1) is 28.6 Å². The number of rotatable bonds is 1. The van der Waals surface area contributed by atoms with Crippen LogP contribution in [0.4, 0.5) is 0 Å². The van der Waals surface area contributed by atoms with Crippen LogP contribution in [0.2, 0.25) is 0 Å². The van der Waals surface area contributed by atoms with Gasteiger partial charge in [-0.05, 0) is 50.5 Å². The van der Waals surface area contributed by atoms with Crippen LogP contribution in [-0.2, 0) is 28.6 Å². The van der Waals surface area contributed by atoms with Crippen LogP contribution in [0.3, 0.4) is 0 Å². The zero-order valence-electron chi connectivity index (χ0n) is 18.0. The number of hydrogen-bond acceptors (Lipinski definition) is 6. The predicted molar refractivity (Wildman–Crippen MR) is 112 cm³/mol. The minimum Gasteiger partial charge on any atom is -0.469 e. The highest BCUT2D eigenvalue weighted by Gasteiger charge is 2.83. The third-order valence-electron chi connectivity index (χ3n) is 10.2. The molecule has 8 atom stereocenters. The fourth-order valence-electron chi connectivity index (χ4n) is 8.69. The number of ether oxygens (including phenoxy) is 3. The summed E-state index contributed by atoms with van der Waals surface area (Å²) in [7, 11) is 1.45. The lowest BCUT2D eigenvalue weighted by atomic mass is 9.43. The molecule has 6 aliphatic rings. The van der Waals surface area contributed by atoms with E-state index in [0.29, 0.717) is 19.3 Å². The molecule has 5 fully saturated rings. The second-order valence-electron chi connectivity index (χ2n) is 11.0. The molecule has 4 aliphatic carbocycles. The molecule has 2 heterocycles. The number of methoxy groups -OCH3 is 1. The van der Waals surface area contributed by atoms with E-state index in [0.717, 1.165) is 37.7 Å². The lowest BCUT2D eigenvalue weighted by Gasteiger charge is -2.58. The molecule has 6 heteroatoms. The monoisotopic (exact) mass is 430 g/mol. The van der Waals surface area contributed by atoms with Gasteiger partial charge in [0.1, 0.15) is 11.2 Å². The number of carbonyl (C=O) groups is 3. The first-order valence-electron chi connectivity index (χ1n) is 11.4. The van der Waals surface area contributed by atoms with Crippen molar-refractivity contribution in [1.29, 1.82) is 0 Å². The average molecular weight is 431 g/mol. The molecule has 0 amide bonds. The lowest BCUT2D eigenvalue weighted by molar-refractivity contribution is -0.172. The van der Waals surface area contributed by atoms with E-state index >= 15 is 0 Å². The van der Waals surface area contributed by atoms with Crippen LogP contribution in [-0.4, -0.2) is 42.1 Å². The third-order valence-corrected chi connectivity index (χ3v) is 10.2. The summed E-state index contributed by atoms with van der Waals surface area (Å²) in [6, 6.07) is 0. The van der Waals surface area contributed by atoms with Gasteiger partial charge >= 0.3 is 11.9 Å². The topological polar surface area (TPSA) is 82.2 Å². The van der Waals surface area contributed by atoms with Crippen LogP contribution < -0.4 is 0 Å². The number of carbonyl (C=O) groups excluding carboxylic acids is 3. The molecule has 0 radical (unpaired) electrons. The van der Waals surface area contributed by atoms with Crippen molar-refractivity contribution in [2.45, 2.75) is 89.9 Å². The van der Waals surface area contributed by atoms with Gasteiger partial charge in [-0.1, -0.05) is 26.8 Å². The molecule has 0 bridgehead atoms. The molecule has 0 N–H and O–H groups in total. The maximum atomic E-state index is 13.0. The Morgan fingerprint density at radius 2 is 1.94 bits per heavy atom. The van der Waals surface area contributed by atoms with Gasteiger partial charge in [0.2, 0.25) is 0 Å². The van der Waals surface area contributed by atoms with Crippen molar-refractivity contribution < 1.29 is 28.6 Å². The zero-order chi connectivity index (χ0) is 21.1. The average Bonchev–Trinajstić information content (AvgIpc) is 3.20. The highest BCUT2D eigenvalue weighted by atomic mass is 16.6. The molecular weight excluding hydrogens is 396 g/mol. The van der Waals surface area contributed by atoms with Crippen molar-refractivity contribution in [2.24, 2.45) is 28.6 Å². The fraction of sp³-hybridized carbons (Fsp3) is 0.800. The molecule has 6 rings (SSSR count). The molecule has 2 aliphatic heterocycles. The molecule has 0 aromatic rings. The lowest BCUT2D eigenvalue weighted by Crippen LogP contribution is -2.63. The zero-order valence-corrected chi connectivity index (χ0v) is 18.0. The van der Waals surface area contributed by atoms with Crippen LogP contribution >= 0.6 is 0 Å². The number of fused-ring (bicyclic) bond motifs is 4. The Kier molecular flexibility index (Phi) is 4.24. The number of hydrogen-bond donors (Lipinski definition) is 0. The molecule has 0 aromatic carbocycles. The second kappa shape index (κ2) is 6.21. The fourth-order valence-corrected chi connectivity index (χ4v) is 8.69. The highest BCUT2D eigenvalue weighted by Crippen LogP contribution is 2.78. The van der Waals surface area contributed by atoms with Crippen molar-refractivity contribution in [2.75, 3.05) is 7.11 Å². The third kappa shape index (κ3) is 2.25. The SMILES string of the molecule is C.COC(=O)[C@@H]1CC2=CC(=O)CC[C@]2(C)[C@@]23O[C@@H]2C[C@@]2(C)[C@@H](CC[C@@]24CCC(=O)O4)[C@H]13. The number of epoxide rings is 1. The minimum absolute atomic E-state index is 0. The van der Waals surface area contributed by atoms with E-state index in [1.54, 1.807) is 6.08 Å². The van der Waals surface area contributed by atoms with E-state index in [2.05, 4.69) is 13.8 Å². The largest absolute Gasteiger partial charge is 0.469 e. The van der Waals surface area contributed by atoms with Crippen molar-refractivity contribution in [3.05, 3.63) is 11.6 Å². The maximum Gasteiger partial charge on any atom is 0.309 e.